The summed E-state index contributed by atoms with van der Waals surface area (Å²) in [6.45, 7) is 4.12. The normalized spacial score (nSPS) is 9.65. The molecule has 10 heteroatoms. The first kappa shape index (κ1) is 24.7. The number of anilines is 1. The van der Waals surface area contributed by atoms with Gasteiger partial charge in [-0.15, -0.1) is 48.6 Å². The van der Waals surface area contributed by atoms with Gasteiger partial charge in [0.2, 0.25) is 0 Å². The molecule has 1 amide bonds. The summed E-state index contributed by atoms with van der Waals surface area (Å²) in [5, 5.41) is 4.21. The minimum Gasteiger partial charge on any atom is -0.397 e. The standard InChI is InChI=1S/C16H15ClN4OS.3ClH/c1-8-11-13(18)14(23-16(11)21-9(2)12(8)17)15(22)20-7-10-4-3-5-19-6-10;;;/h3-6H,7,18H2,1-2H3,(H,20,22);3*1H. The van der Waals surface area contributed by atoms with Crippen molar-refractivity contribution in [1.82, 2.24) is 15.3 Å². The molecule has 0 radical (unpaired) electrons. The fraction of sp³-hybridized carbons (Fsp3) is 0.188. The Morgan fingerprint density at radius 2 is 2.00 bits per heavy atom. The van der Waals surface area contributed by atoms with Gasteiger partial charge in [0.1, 0.15) is 9.71 Å². The molecule has 0 atom stereocenters. The van der Waals surface area contributed by atoms with Crippen LogP contribution in [0.1, 0.15) is 26.5 Å². The van der Waals surface area contributed by atoms with Gasteiger partial charge in [0, 0.05) is 24.3 Å². The van der Waals surface area contributed by atoms with Crippen LogP contribution < -0.4 is 11.1 Å². The SMILES string of the molecule is Cc1nc2sc(C(=O)NCc3cccnc3)c(N)c2c(C)c1Cl.Cl.Cl.Cl. The first-order valence-electron chi connectivity index (χ1n) is 7.00. The summed E-state index contributed by atoms with van der Waals surface area (Å²) in [4.78, 5) is 22.1. The van der Waals surface area contributed by atoms with Crippen LogP contribution in [0.5, 0.6) is 0 Å². The van der Waals surface area contributed by atoms with Gasteiger partial charge in [-0.05, 0) is 31.0 Å². The first-order chi connectivity index (χ1) is 11.0. The van der Waals surface area contributed by atoms with Crippen LogP contribution >= 0.6 is 60.2 Å². The highest BCUT2D eigenvalue weighted by atomic mass is 35.5. The van der Waals surface area contributed by atoms with Crippen LogP contribution in [0.3, 0.4) is 0 Å². The zero-order chi connectivity index (χ0) is 16.6. The molecular formula is C16H18Cl4N4OS. The maximum atomic E-state index is 12.4. The number of nitrogens with two attached hydrogens (primary N) is 1. The Morgan fingerprint density at radius 1 is 1.31 bits per heavy atom. The minimum atomic E-state index is -0.220. The van der Waals surface area contributed by atoms with Gasteiger partial charge < -0.3 is 11.1 Å². The van der Waals surface area contributed by atoms with E-state index >= 15 is 0 Å². The molecule has 3 aromatic heterocycles. The minimum absolute atomic E-state index is 0. The zero-order valence-electron chi connectivity index (χ0n) is 13.9. The summed E-state index contributed by atoms with van der Waals surface area (Å²) in [6, 6.07) is 3.73. The summed E-state index contributed by atoms with van der Waals surface area (Å²) in [7, 11) is 0. The molecule has 3 rings (SSSR count). The molecule has 0 aliphatic rings. The van der Waals surface area contributed by atoms with Gasteiger partial charge in [-0.3, -0.25) is 9.78 Å². The van der Waals surface area contributed by atoms with E-state index in [2.05, 4.69) is 15.3 Å². The third kappa shape index (κ3) is 4.69. The lowest BCUT2D eigenvalue weighted by atomic mass is 10.1. The molecule has 0 bridgehead atoms. The second-order valence-corrected chi connectivity index (χ2v) is 6.58. The van der Waals surface area contributed by atoms with Crippen LogP contribution in [-0.2, 0) is 6.54 Å². The van der Waals surface area contributed by atoms with Crippen molar-refractivity contribution in [3.05, 3.63) is 51.2 Å². The van der Waals surface area contributed by atoms with Crippen molar-refractivity contribution in [2.75, 3.05) is 5.73 Å². The van der Waals surface area contributed by atoms with Crippen LogP contribution in [-0.4, -0.2) is 15.9 Å². The molecule has 0 aliphatic heterocycles. The van der Waals surface area contributed by atoms with Gasteiger partial charge in [0.05, 0.1) is 16.4 Å². The van der Waals surface area contributed by atoms with E-state index in [1.807, 2.05) is 26.0 Å². The quantitative estimate of drug-likeness (QED) is 0.597. The fourth-order valence-electron chi connectivity index (χ4n) is 2.39. The number of thiophene rings is 1. The second kappa shape index (κ2) is 10.1. The average molecular weight is 456 g/mol. The number of halogens is 4. The maximum Gasteiger partial charge on any atom is 0.263 e. The highest BCUT2D eigenvalue weighted by Gasteiger charge is 2.20. The van der Waals surface area contributed by atoms with Gasteiger partial charge in [0.15, 0.2) is 0 Å². The topological polar surface area (TPSA) is 80.9 Å². The molecule has 0 saturated carbocycles. The Bertz CT molecular complexity index is 902. The number of nitrogens with one attached hydrogen (secondary N) is 1. The number of amides is 1. The first-order valence-corrected chi connectivity index (χ1v) is 8.20. The molecule has 0 fully saturated rings. The number of fused-ring (bicyclic) bond motifs is 1. The number of carbonyl (C=O) groups excluding carboxylic acids is 1. The second-order valence-electron chi connectivity index (χ2n) is 5.21. The average Bonchev–Trinajstić information content (AvgIpc) is 2.88. The number of nitrogens with zero attached hydrogens (tertiary/aromatic N) is 2. The molecule has 3 aromatic rings. The summed E-state index contributed by atoms with van der Waals surface area (Å²) in [5.41, 5.74) is 9.12. The molecule has 3 heterocycles. The van der Waals surface area contributed by atoms with Crippen LogP contribution in [0.4, 0.5) is 5.69 Å². The Morgan fingerprint density at radius 3 is 2.62 bits per heavy atom. The third-order valence-corrected chi connectivity index (χ3v) is 5.25. The largest absolute Gasteiger partial charge is 0.397 e. The summed E-state index contributed by atoms with van der Waals surface area (Å²) in [6.07, 6.45) is 3.40. The van der Waals surface area contributed by atoms with Crippen molar-refractivity contribution in [2.45, 2.75) is 20.4 Å². The van der Waals surface area contributed by atoms with E-state index in [0.717, 1.165) is 27.0 Å². The predicted octanol–water partition coefficient (Wildman–Crippen LogP) is 4.74. The molecule has 5 nitrogen and oxygen atoms in total. The van der Waals surface area contributed by atoms with Crippen molar-refractivity contribution in [3.63, 3.8) is 0 Å². The van der Waals surface area contributed by atoms with E-state index in [1.165, 1.54) is 11.3 Å². The molecule has 26 heavy (non-hydrogen) atoms. The molecule has 142 valence electrons. The fourth-order valence-corrected chi connectivity index (χ4v) is 3.64. The van der Waals surface area contributed by atoms with Crippen LogP contribution in [0, 0.1) is 13.8 Å². The van der Waals surface area contributed by atoms with E-state index in [9.17, 15) is 4.79 Å². The monoisotopic (exact) mass is 454 g/mol. The van der Waals surface area contributed by atoms with Crippen LogP contribution in [0.25, 0.3) is 10.2 Å². The maximum absolute atomic E-state index is 12.4. The molecule has 0 unspecified atom stereocenters. The number of aryl methyl sites for hydroxylation is 2. The Balaban J connectivity index is 0.00000208. The third-order valence-electron chi connectivity index (χ3n) is 3.60. The number of nitrogen functional groups attached to an aromatic ring is 1. The molecule has 0 aliphatic carbocycles. The van der Waals surface area contributed by atoms with Crippen LogP contribution in [0.15, 0.2) is 24.5 Å². The van der Waals surface area contributed by atoms with E-state index in [-0.39, 0.29) is 43.1 Å². The van der Waals surface area contributed by atoms with Crippen molar-refractivity contribution in [3.8, 4) is 0 Å². The Hall–Kier alpha value is -1.31. The molecule has 3 N–H and O–H groups in total. The molecular weight excluding hydrogens is 438 g/mol. The lowest BCUT2D eigenvalue weighted by Crippen LogP contribution is -2.22. The number of rotatable bonds is 3. The lowest BCUT2D eigenvalue weighted by Gasteiger charge is -2.05. The van der Waals surface area contributed by atoms with Crippen molar-refractivity contribution in [2.24, 2.45) is 0 Å². The zero-order valence-corrected chi connectivity index (χ0v) is 17.9. The van der Waals surface area contributed by atoms with E-state index in [0.29, 0.717) is 22.1 Å². The smallest absolute Gasteiger partial charge is 0.263 e. The molecule has 0 spiro atoms. The van der Waals surface area contributed by atoms with Crippen LogP contribution in [0.2, 0.25) is 5.02 Å². The van der Waals surface area contributed by atoms with E-state index < -0.39 is 0 Å². The molecule has 0 saturated heterocycles. The van der Waals surface area contributed by atoms with Crippen molar-refractivity contribution < 1.29 is 4.79 Å². The number of aromatic nitrogens is 2. The van der Waals surface area contributed by atoms with Gasteiger partial charge >= 0.3 is 0 Å². The Labute approximate surface area is 179 Å². The van der Waals surface area contributed by atoms with Crippen molar-refractivity contribution in [1.29, 1.82) is 0 Å². The van der Waals surface area contributed by atoms with Gasteiger partial charge in [0.25, 0.3) is 5.91 Å². The number of hydrogen-bond acceptors (Lipinski definition) is 5. The summed E-state index contributed by atoms with van der Waals surface area (Å²) < 4.78 is 0. The Kier molecular flexibility index (Phi) is 9.62. The van der Waals surface area contributed by atoms with E-state index in [1.54, 1.807) is 12.4 Å². The summed E-state index contributed by atoms with van der Waals surface area (Å²) >= 11 is 7.52. The van der Waals surface area contributed by atoms with Gasteiger partial charge in [-0.2, -0.15) is 0 Å². The lowest BCUT2D eigenvalue weighted by molar-refractivity contribution is 0.0956. The highest BCUT2D eigenvalue weighted by Crippen LogP contribution is 2.38. The van der Waals surface area contributed by atoms with Gasteiger partial charge in [-0.1, -0.05) is 17.7 Å². The summed E-state index contributed by atoms with van der Waals surface area (Å²) in [5.74, 6) is -0.220. The van der Waals surface area contributed by atoms with Gasteiger partial charge in [-0.25, -0.2) is 4.98 Å². The van der Waals surface area contributed by atoms with Crippen molar-refractivity contribution >= 4 is 82.0 Å². The highest BCUT2D eigenvalue weighted by molar-refractivity contribution is 7.21. The van der Waals surface area contributed by atoms with E-state index in [4.69, 9.17) is 17.3 Å². The number of hydrogen-bond donors (Lipinski definition) is 2. The number of pyridine rings is 2. The molecule has 0 aromatic carbocycles. The predicted molar refractivity (Wildman–Crippen MR) is 116 cm³/mol. The number of carbonyl (C=O) groups is 1.